The Labute approximate surface area is 109 Å². The van der Waals surface area contributed by atoms with Crippen molar-refractivity contribution >= 4 is 5.91 Å². The molecule has 3 heteroatoms. The highest BCUT2D eigenvalue weighted by Gasteiger charge is 2.26. The van der Waals surface area contributed by atoms with Crippen molar-refractivity contribution in [2.45, 2.75) is 51.5 Å². The fraction of sp³-hybridized carbons (Fsp3) is 0.600. The molecule has 1 unspecified atom stereocenters. The monoisotopic (exact) mass is 246 g/mol. The number of hydrogen-bond donors (Lipinski definition) is 0. The van der Waals surface area contributed by atoms with Gasteiger partial charge in [-0.25, -0.2) is 0 Å². The van der Waals surface area contributed by atoms with Gasteiger partial charge in [0.15, 0.2) is 0 Å². The molecule has 2 rings (SSSR count). The number of likely N-dealkylation sites (tertiary alicyclic amines) is 1. The van der Waals surface area contributed by atoms with E-state index in [1.54, 1.807) is 6.20 Å². The first kappa shape index (κ1) is 13.1. The quantitative estimate of drug-likeness (QED) is 0.800. The van der Waals surface area contributed by atoms with Crippen molar-refractivity contribution < 1.29 is 4.79 Å². The lowest BCUT2D eigenvalue weighted by molar-refractivity contribution is -0.132. The van der Waals surface area contributed by atoms with Gasteiger partial charge in [0.05, 0.1) is 0 Å². The molecule has 1 fully saturated rings. The van der Waals surface area contributed by atoms with Gasteiger partial charge >= 0.3 is 0 Å². The molecule has 0 aliphatic carbocycles. The third kappa shape index (κ3) is 3.31. The second kappa shape index (κ2) is 6.53. The van der Waals surface area contributed by atoms with Gasteiger partial charge in [-0.05, 0) is 43.7 Å². The molecule has 1 atom stereocenters. The highest BCUT2D eigenvalue weighted by Crippen LogP contribution is 2.21. The summed E-state index contributed by atoms with van der Waals surface area (Å²) in [4.78, 5) is 18.3. The molecule has 1 aromatic rings. The van der Waals surface area contributed by atoms with Crippen LogP contribution in [0.2, 0.25) is 0 Å². The van der Waals surface area contributed by atoms with Crippen LogP contribution in [0.25, 0.3) is 0 Å². The molecule has 1 aliphatic heterocycles. The molecule has 0 saturated carbocycles. The minimum atomic E-state index is 0.336. The van der Waals surface area contributed by atoms with Crippen LogP contribution in [0.15, 0.2) is 24.5 Å². The molecule has 98 valence electrons. The molecule has 1 aliphatic rings. The smallest absolute Gasteiger partial charge is 0.222 e. The van der Waals surface area contributed by atoms with Crippen molar-refractivity contribution in [3.63, 3.8) is 0 Å². The Bertz CT molecular complexity index is 377. The molecule has 1 amide bonds. The highest BCUT2D eigenvalue weighted by molar-refractivity contribution is 5.76. The van der Waals surface area contributed by atoms with Crippen molar-refractivity contribution in [1.82, 2.24) is 9.88 Å². The lowest BCUT2D eigenvalue weighted by Gasteiger charge is -2.23. The first-order chi connectivity index (χ1) is 8.81. The van der Waals surface area contributed by atoms with Gasteiger partial charge < -0.3 is 4.90 Å². The highest BCUT2D eigenvalue weighted by atomic mass is 16.2. The van der Waals surface area contributed by atoms with E-state index in [-0.39, 0.29) is 0 Å². The Hall–Kier alpha value is -1.38. The molecule has 0 N–H and O–H groups in total. The molecule has 0 aromatic carbocycles. The van der Waals surface area contributed by atoms with E-state index in [2.05, 4.69) is 22.9 Å². The maximum Gasteiger partial charge on any atom is 0.222 e. The molecule has 0 bridgehead atoms. The molecule has 0 radical (unpaired) electrons. The van der Waals surface area contributed by atoms with Crippen LogP contribution >= 0.6 is 0 Å². The first-order valence-corrected chi connectivity index (χ1v) is 6.99. The van der Waals surface area contributed by atoms with Gasteiger partial charge in [-0.2, -0.15) is 0 Å². The van der Waals surface area contributed by atoms with Crippen molar-refractivity contribution in [2.24, 2.45) is 0 Å². The maximum atomic E-state index is 12.1. The molecular formula is C15H22N2O. The van der Waals surface area contributed by atoms with Crippen LogP contribution in [-0.2, 0) is 11.2 Å². The van der Waals surface area contributed by atoms with Crippen molar-refractivity contribution in [3.05, 3.63) is 30.1 Å². The molecule has 1 saturated heterocycles. The SMILES string of the molecule is CCC1CCCN1C(=O)CCCc1cccnc1. The van der Waals surface area contributed by atoms with E-state index in [4.69, 9.17) is 0 Å². The number of rotatable bonds is 5. The van der Waals surface area contributed by atoms with Crippen molar-refractivity contribution in [2.75, 3.05) is 6.54 Å². The number of nitrogens with zero attached hydrogens (tertiary/aromatic N) is 2. The second-order valence-corrected chi connectivity index (χ2v) is 5.01. The summed E-state index contributed by atoms with van der Waals surface area (Å²) in [5, 5.41) is 0. The van der Waals surface area contributed by atoms with Crippen molar-refractivity contribution in [1.29, 1.82) is 0 Å². The van der Waals surface area contributed by atoms with Crippen LogP contribution in [0, 0.1) is 0 Å². The van der Waals surface area contributed by atoms with Gasteiger partial charge in [-0.15, -0.1) is 0 Å². The summed E-state index contributed by atoms with van der Waals surface area (Å²) >= 11 is 0. The van der Waals surface area contributed by atoms with E-state index in [0.717, 1.165) is 25.8 Å². The normalized spacial score (nSPS) is 19.2. The average molecular weight is 246 g/mol. The largest absolute Gasteiger partial charge is 0.340 e. The van der Waals surface area contributed by atoms with Gasteiger partial charge in [-0.3, -0.25) is 9.78 Å². The van der Waals surface area contributed by atoms with Gasteiger partial charge in [0, 0.05) is 31.4 Å². The van der Waals surface area contributed by atoms with Gasteiger partial charge in [0.25, 0.3) is 0 Å². The molecule has 0 spiro atoms. The van der Waals surface area contributed by atoms with Crippen LogP contribution in [0.5, 0.6) is 0 Å². The first-order valence-electron chi connectivity index (χ1n) is 6.99. The molecule has 2 heterocycles. The van der Waals surface area contributed by atoms with Crippen LogP contribution in [0.4, 0.5) is 0 Å². The average Bonchev–Trinajstić information content (AvgIpc) is 2.88. The van der Waals surface area contributed by atoms with Crippen LogP contribution in [-0.4, -0.2) is 28.4 Å². The number of carbonyl (C=O) groups excluding carboxylic acids is 1. The molecular weight excluding hydrogens is 224 g/mol. The Morgan fingerprint density at radius 3 is 3.17 bits per heavy atom. The Morgan fingerprint density at radius 2 is 2.44 bits per heavy atom. The van der Waals surface area contributed by atoms with Crippen LogP contribution in [0.1, 0.15) is 44.6 Å². The maximum absolute atomic E-state index is 12.1. The van der Waals surface area contributed by atoms with E-state index < -0.39 is 0 Å². The fourth-order valence-corrected chi connectivity index (χ4v) is 2.72. The van der Waals surface area contributed by atoms with Crippen LogP contribution < -0.4 is 0 Å². The number of aromatic nitrogens is 1. The van der Waals surface area contributed by atoms with E-state index in [1.807, 2.05) is 12.3 Å². The fourth-order valence-electron chi connectivity index (χ4n) is 2.72. The zero-order valence-electron chi connectivity index (χ0n) is 11.1. The Kier molecular flexibility index (Phi) is 4.73. The second-order valence-electron chi connectivity index (χ2n) is 5.01. The van der Waals surface area contributed by atoms with Gasteiger partial charge in [0.2, 0.25) is 5.91 Å². The Morgan fingerprint density at radius 1 is 1.56 bits per heavy atom. The molecule has 3 nitrogen and oxygen atoms in total. The standard InChI is InChI=1S/C15H22N2O/c1-2-14-8-5-11-17(14)15(18)9-3-6-13-7-4-10-16-12-13/h4,7,10,12,14H,2-3,5-6,8-9,11H2,1H3. The number of hydrogen-bond acceptors (Lipinski definition) is 2. The molecule has 18 heavy (non-hydrogen) atoms. The predicted molar refractivity (Wildman–Crippen MR) is 72.2 cm³/mol. The van der Waals surface area contributed by atoms with E-state index in [9.17, 15) is 4.79 Å². The zero-order chi connectivity index (χ0) is 12.8. The van der Waals surface area contributed by atoms with E-state index in [1.165, 1.54) is 18.4 Å². The lowest BCUT2D eigenvalue weighted by Crippen LogP contribution is -2.34. The summed E-state index contributed by atoms with van der Waals surface area (Å²) in [6, 6.07) is 4.52. The van der Waals surface area contributed by atoms with E-state index >= 15 is 0 Å². The van der Waals surface area contributed by atoms with Crippen LogP contribution in [0.3, 0.4) is 0 Å². The van der Waals surface area contributed by atoms with Gasteiger partial charge in [-0.1, -0.05) is 13.0 Å². The summed E-state index contributed by atoms with van der Waals surface area (Å²) in [6.45, 7) is 3.14. The van der Waals surface area contributed by atoms with Crippen molar-refractivity contribution in [3.8, 4) is 0 Å². The zero-order valence-corrected chi connectivity index (χ0v) is 11.1. The van der Waals surface area contributed by atoms with Gasteiger partial charge in [0.1, 0.15) is 0 Å². The topological polar surface area (TPSA) is 33.2 Å². The number of pyridine rings is 1. The summed E-state index contributed by atoms with van der Waals surface area (Å²) < 4.78 is 0. The lowest BCUT2D eigenvalue weighted by atomic mass is 10.1. The predicted octanol–water partition coefficient (Wildman–Crippen LogP) is 2.81. The summed E-state index contributed by atoms with van der Waals surface area (Å²) in [6.07, 6.45) is 9.67. The summed E-state index contributed by atoms with van der Waals surface area (Å²) in [5.74, 6) is 0.336. The summed E-state index contributed by atoms with van der Waals surface area (Å²) in [5.41, 5.74) is 1.22. The number of carbonyl (C=O) groups is 1. The van der Waals surface area contributed by atoms with E-state index in [0.29, 0.717) is 18.4 Å². The number of amides is 1. The number of aryl methyl sites for hydroxylation is 1. The minimum absolute atomic E-state index is 0.336. The Balaban J connectivity index is 1.75. The summed E-state index contributed by atoms with van der Waals surface area (Å²) in [7, 11) is 0. The molecule has 1 aromatic heterocycles. The third-order valence-electron chi connectivity index (χ3n) is 3.75. The third-order valence-corrected chi connectivity index (χ3v) is 3.75. The minimum Gasteiger partial charge on any atom is -0.340 e.